The van der Waals surface area contributed by atoms with Crippen molar-refractivity contribution in [3.05, 3.63) is 47.2 Å². The molecule has 1 aliphatic rings. The Hall–Kier alpha value is -1.21. The Morgan fingerprint density at radius 2 is 1.87 bits per heavy atom. The molecule has 0 spiro atoms. The molecular weight excluding hydrogens is 208 g/mol. The van der Waals surface area contributed by atoms with Crippen molar-refractivity contribution in [2.45, 2.75) is 18.8 Å². The minimum Gasteiger partial charge on any atom is -0.459 e. The molecule has 0 N–H and O–H groups in total. The molecule has 1 aliphatic carbocycles. The van der Waals surface area contributed by atoms with E-state index in [9.17, 15) is 0 Å². The Kier molecular flexibility index (Phi) is 2.06. The van der Waals surface area contributed by atoms with E-state index in [1.54, 1.807) is 0 Å². The number of hydrogen-bond acceptors (Lipinski definition) is 1. The third-order valence-corrected chi connectivity index (χ3v) is 3.01. The van der Waals surface area contributed by atoms with Crippen LogP contribution in [0.4, 0.5) is 0 Å². The SMILES string of the molecule is Clc1cc(-c2ccccc2)oc1C1CC1. The average Bonchev–Trinajstić information content (AvgIpc) is 3.04. The third kappa shape index (κ3) is 1.68. The van der Waals surface area contributed by atoms with Crippen LogP contribution in [0.3, 0.4) is 0 Å². The van der Waals surface area contributed by atoms with Gasteiger partial charge < -0.3 is 4.42 Å². The van der Waals surface area contributed by atoms with E-state index in [1.807, 2.05) is 36.4 Å². The topological polar surface area (TPSA) is 13.1 Å². The minimum atomic E-state index is 0.565. The monoisotopic (exact) mass is 218 g/mol. The first kappa shape index (κ1) is 9.05. The number of hydrogen-bond donors (Lipinski definition) is 0. The van der Waals surface area contributed by atoms with Crippen molar-refractivity contribution in [1.29, 1.82) is 0 Å². The highest BCUT2D eigenvalue weighted by Crippen LogP contribution is 2.45. The maximum absolute atomic E-state index is 6.14. The van der Waals surface area contributed by atoms with Gasteiger partial charge in [-0.15, -0.1) is 0 Å². The second kappa shape index (κ2) is 3.42. The Balaban J connectivity index is 2.02. The lowest BCUT2D eigenvalue weighted by Crippen LogP contribution is -1.72. The van der Waals surface area contributed by atoms with E-state index >= 15 is 0 Å². The summed E-state index contributed by atoms with van der Waals surface area (Å²) in [5, 5.41) is 0.774. The van der Waals surface area contributed by atoms with Crippen LogP contribution < -0.4 is 0 Å². The van der Waals surface area contributed by atoms with E-state index < -0.39 is 0 Å². The molecule has 0 bridgehead atoms. The molecule has 15 heavy (non-hydrogen) atoms. The summed E-state index contributed by atoms with van der Waals surface area (Å²) < 4.78 is 5.79. The Bertz CT molecular complexity index is 469. The van der Waals surface area contributed by atoms with Crippen molar-refractivity contribution in [3.8, 4) is 11.3 Å². The molecule has 2 heteroatoms. The first-order valence-electron chi connectivity index (χ1n) is 5.19. The van der Waals surface area contributed by atoms with Crippen molar-refractivity contribution in [1.82, 2.24) is 0 Å². The maximum Gasteiger partial charge on any atom is 0.135 e. The summed E-state index contributed by atoms with van der Waals surface area (Å²) in [5.41, 5.74) is 1.09. The Labute approximate surface area is 93.7 Å². The van der Waals surface area contributed by atoms with Gasteiger partial charge in [0.2, 0.25) is 0 Å². The molecule has 0 amide bonds. The van der Waals surface area contributed by atoms with Crippen LogP contribution in [0.5, 0.6) is 0 Å². The van der Waals surface area contributed by atoms with E-state index in [0.717, 1.165) is 22.1 Å². The molecular formula is C13H11ClO. The highest BCUT2D eigenvalue weighted by molar-refractivity contribution is 6.31. The van der Waals surface area contributed by atoms with Gasteiger partial charge >= 0.3 is 0 Å². The molecule has 0 unspecified atom stereocenters. The normalized spacial score (nSPS) is 15.5. The van der Waals surface area contributed by atoms with Gasteiger partial charge in [-0.05, 0) is 12.8 Å². The van der Waals surface area contributed by atoms with E-state index in [4.69, 9.17) is 16.0 Å². The van der Waals surface area contributed by atoms with Gasteiger partial charge in [0.05, 0.1) is 5.02 Å². The fourth-order valence-corrected chi connectivity index (χ4v) is 2.04. The molecule has 0 saturated heterocycles. The fraction of sp³-hybridized carbons (Fsp3) is 0.231. The molecule has 0 radical (unpaired) electrons. The lowest BCUT2D eigenvalue weighted by Gasteiger charge is -1.95. The van der Waals surface area contributed by atoms with Crippen molar-refractivity contribution in [3.63, 3.8) is 0 Å². The summed E-state index contributed by atoms with van der Waals surface area (Å²) in [6.45, 7) is 0. The van der Waals surface area contributed by atoms with Gasteiger partial charge in [0.25, 0.3) is 0 Å². The zero-order chi connectivity index (χ0) is 10.3. The lowest BCUT2D eigenvalue weighted by atomic mass is 10.2. The van der Waals surface area contributed by atoms with Crippen LogP contribution >= 0.6 is 11.6 Å². The second-order valence-corrected chi connectivity index (χ2v) is 4.37. The van der Waals surface area contributed by atoms with Crippen LogP contribution in [0.1, 0.15) is 24.5 Å². The molecule has 1 nitrogen and oxygen atoms in total. The van der Waals surface area contributed by atoms with Crippen LogP contribution in [0.15, 0.2) is 40.8 Å². The molecule has 0 aliphatic heterocycles. The summed E-state index contributed by atoms with van der Waals surface area (Å²) in [4.78, 5) is 0. The van der Waals surface area contributed by atoms with Crippen LogP contribution in [0.2, 0.25) is 5.02 Å². The first-order valence-corrected chi connectivity index (χ1v) is 5.57. The quantitative estimate of drug-likeness (QED) is 0.725. The first-order chi connectivity index (χ1) is 7.34. The summed E-state index contributed by atoms with van der Waals surface area (Å²) in [7, 11) is 0. The summed E-state index contributed by atoms with van der Waals surface area (Å²) in [6, 6.07) is 12.0. The van der Waals surface area contributed by atoms with Crippen LogP contribution in [0.25, 0.3) is 11.3 Å². The van der Waals surface area contributed by atoms with Gasteiger partial charge in [-0.2, -0.15) is 0 Å². The summed E-state index contributed by atoms with van der Waals surface area (Å²) in [6.07, 6.45) is 2.42. The lowest BCUT2D eigenvalue weighted by molar-refractivity contribution is 0.525. The van der Waals surface area contributed by atoms with Crippen molar-refractivity contribution in [2.24, 2.45) is 0 Å². The second-order valence-electron chi connectivity index (χ2n) is 3.96. The largest absolute Gasteiger partial charge is 0.459 e. The molecule has 1 aromatic carbocycles. The molecule has 1 heterocycles. The van der Waals surface area contributed by atoms with Gasteiger partial charge in [-0.25, -0.2) is 0 Å². The summed E-state index contributed by atoms with van der Waals surface area (Å²) in [5.74, 6) is 2.41. The molecule has 1 fully saturated rings. The van der Waals surface area contributed by atoms with Gasteiger partial charge in [-0.1, -0.05) is 41.9 Å². The number of halogens is 1. The number of rotatable bonds is 2. The predicted molar refractivity (Wildman–Crippen MR) is 61.1 cm³/mol. The van der Waals surface area contributed by atoms with Crippen LogP contribution in [-0.2, 0) is 0 Å². The Morgan fingerprint density at radius 3 is 2.53 bits per heavy atom. The summed E-state index contributed by atoms with van der Waals surface area (Å²) >= 11 is 6.14. The van der Waals surface area contributed by atoms with Gasteiger partial charge in [-0.3, -0.25) is 0 Å². The van der Waals surface area contributed by atoms with Gasteiger partial charge in [0.15, 0.2) is 0 Å². The van der Waals surface area contributed by atoms with Crippen molar-refractivity contribution < 1.29 is 4.42 Å². The maximum atomic E-state index is 6.14. The van der Waals surface area contributed by atoms with Crippen LogP contribution in [0, 0.1) is 0 Å². The standard InChI is InChI=1S/C13H11ClO/c14-11-8-12(9-4-2-1-3-5-9)15-13(11)10-6-7-10/h1-5,8,10H,6-7H2. The van der Waals surface area contributed by atoms with Crippen LogP contribution in [-0.4, -0.2) is 0 Å². The fourth-order valence-electron chi connectivity index (χ4n) is 1.75. The predicted octanol–water partition coefficient (Wildman–Crippen LogP) is 4.48. The van der Waals surface area contributed by atoms with Crippen molar-refractivity contribution >= 4 is 11.6 Å². The molecule has 3 rings (SSSR count). The molecule has 2 aromatic rings. The zero-order valence-corrected chi connectivity index (χ0v) is 9.00. The third-order valence-electron chi connectivity index (χ3n) is 2.72. The smallest absolute Gasteiger partial charge is 0.135 e. The highest BCUT2D eigenvalue weighted by atomic mass is 35.5. The van der Waals surface area contributed by atoms with E-state index in [2.05, 4.69) is 0 Å². The zero-order valence-electron chi connectivity index (χ0n) is 8.24. The van der Waals surface area contributed by atoms with E-state index in [-0.39, 0.29) is 0 Å². The molecule has 1 aromatic heterocycles. The average molecular weight is 219 g/mol. The molecule has 1 saturated carbocycles. The molecule has 0 atom stereocenters. The van der Waals surface area contributed by atoms with Gasteiger partial charge in [0, 0.05) is 17.5 Å². The van der Waals surface area contributed by atoms with E-state index in [1.165, 1.54) is 12.8 Å². The molecule has 76 valence electrons. The minimum absolute atomic E-state index is 0.565. The highest BCUT2D eigenvalue weighted by Gasteiger charge is 2.29. The van der Waals surface area contributed by atoms with Gasteiger partial charge in [0.1, 0.15) is 11.5 Å². The number of benzene rings is 1. The number of furan rings is 1. The van der Waals surface area contributed by atoms with E-state index in [0.29, 0.717) is 5.92 Å². The Morgan fingerprint density at radius 1 is 1.13 bits per heavy atom. The van der Waals surface area contributed by atoms with Crippen molar-refractivity contribution in [2.75, 3.05) is 0 Å².